The fourth-order valence-corrected chi connectivity index (χ4v) is 5.31. The molecule has 0 atom stereocenters. The van der Waals surface area contributed by atoms with Crippen molar-refractivity contribution in [1.29, 1.82) is 0 Å². The molecule has 0 bridgehead atoms. The van der Waals surface area contributed by atoms with Crippen LogP contribution >= 0.6 is 0 Å². The molecule has 0 spiro atoms. The number of hydrogen-bond acceptors (Lipinski definition) is 7. The number of hydrogen-bond donors (Lipinski definition) is 2. The van der Waals surface area contributed by atoms with Gasteiger partial charge in [0.1, 0.15) is 17.9 Å². The van der Waals surface area contributed by atoms with E-state index in [1.807, 2.05) is 12.1 Å². The highest BCUT2D eigenvalue weighted by atomic mass is 16.3. The maximum atomic E-state index is 10.8. The van der Waals surface area contributed by atoms with Gasteiger partial charge >= 0.3 is 0 Å². The second kappa shape index (κ2) is 9.29. The molecule has 7 nitrogen and oxygen atoms in total. The number of piperidine rings is 1. The van der Waals surface area contributed by atoms with Gasteiger partial charge in [0, 0.05) is 54.1 Å². The standard InChI is InChI=1S/C27H36N6O/c1-7-18-10-23(22-9-8-19(12-24(22)34)20-15-28-17-29-16-20)30-31-25(11-18)33(6)21-13-26(2,3)32-27(4,5)14-21/h8-10,12,15-17,21,32,34H,7,11,13-14H2,1-6H3. The van der Waals surface area contributed by atoms with E-state index in [0.717, 1.165) is 42.6 Å². The topological polar surface area (TPSA) is 86.0 Å². The van der Waals surface area contributed by atoms with Gasteiger partial charge in [-0.2, -0.15) is 0 Å². The van der Waals surface area contributed by atoms with Crippen molar-refractivity contribution in [2.24, 2.45) is 10.2 Å². The molecule has 1 fully saturated rings. The third-order valence-electron chi connectivity index (χ3n) is 6.74. The molecule has 0 unspecified atom stereocenters. The normalized spacial score (nSPS) is 20.1. The molecule has 1 aromatic heterocycles. The summed E-state index contributed by atoms with van der Waals surface area (Å²) < 4.78 is 0. The molecule has 2 aliphatic heterocycles. The van der Waals surface area contributed by atoms with Gasteiger partial charge in [-0.1, -0.05) is 18.6 Å². The average molecular weight is 461 g/mol. The van der Waals surface area contributed by atoms with E-state index in [2.05, 4.69) is 73.0 Å². The molecule has 1 saturated heterocycles. The maximum Gasteiger partial charge on any atom is 0.131 e. The Morgan fingerprint density at radius 2 is 1.71 bits per heavy atom. The summed E-state index contributed by atoms with van der Waals surface area (Å²) in [5.74, 6) is 1.14. The molecule has 2 aromatic rings. The zero-order chi connectivity index (χ0) is 24.5. The predicted octanol–water partition coefficient (Wildman–Crippen LogP) is 4.93. The van der Waals surface area contributed by atoms with Crippen LogP contribution in [0.3, 0.4) is 0 Å². The number of nitrogens with zero attached hydrogens (tertiary/aromatic N) is 5. The molecule has 0 aliphatic carbocycles. The number of phenolic OH excluding ortho intramolecular Hbond substituents is 1. The van der Waals surface area contributed by atoms with Gasteiger partial charge in [0.2, 0.25) is 0 Å². The quantitative estimate of drug-likeness (QED) is 0.675. The average Bonchev–Trinajstić information content (AvgIpc) is 3.00. The molecule has 0 amide bonds. The lowest BCUT2D eigenvalue weighted by Gasteiger charge is -2.49. The summed E-state index contributed by atoms with van der Waals surface area (Å²) in [7, 11) is 2.14. The largest absolute Gasteiger partial charge is 0.507 e. The minimum atomic E-state index is 0.0567. The van der Waals surface area contributed by atoms with E-state index < -0.39 is 0 Å². The van der Waals surface area contributed by atoms with Crippen molar-refractivity contribution in [3.63, 3.8) is 0 Å². The molecule has 7 heteroatoms. The second-order valence-corrected chi connectivity index (χ2v) is 10.8. The first-order valence-electron chi connectivity index (χ1n) is 12.0. The van der Waals surface area contributed by atoms with E-state index in [4.69, 9.17) is 5.10 Å². The Bertz CT molecular complexity index is 1120. The number of nitrogens with one attached hydrogen (secondary N) is 1. The lowest BCUT2D eigenvalue weighted by atomic mass is 9.79. The molecule has 0 radical (unpaired) electrons. The summed E-state index contributed by atoms with van der Waals surface area (Å²) >= 11 is 0. The van der Waals surface area contributed by atoms with Crippen molar-refractivity contribution in [1.82, 2.24) is 20.2 Å². The molecule has 4 rings (SSSR count). The van der Waals surface area contributed by atoms with E-state index in [1.54, 1.807) is 18.5 Å². The van der Waals surface area contributed by atoms with Gasteiger partial charge < -0.3 is 15.3 Å². The van der Waals surface area contributed by atoms with Crippen LogP contribution in [-0.4, -0.2) is 55.7 Å². The highest BCUT2D eigenvalue weighted by molar-refractivity contribution is 6.12. The lowest BCUT2D eigenvalue weighted by Crippen LogP contribution is -2.62. The van der Waals surface area contributed by atoms with Crippen LogP contribution in [0.15, 0.2) is 58.8 Å². The summed E-state index contributed by atoms with van der Waals surface area (Å²) in [5, 5.41) is 23.9. The first kappa shape index (κ1) is 24.1. The number of rotatable bonds is 4. The van der Waals surface area contributed by atoms with Gasteiger partial charge in [-0.15, -0.1) is 10.2 Å². The summed E-state index contributed by atoms with van der Waals surface area (Å²) in [5.41, 5.74) is 4.42. The van der Waals surface area contributed by atoms with Crippen LogP contribution in [0.4, 0.5) is 0 Å². The zero-order valence-electron chi connectivity index (χ0n) is 21.1. The summed E-state index contributed by atoms with van der Waals surface area (Å²) in [6, 6.07) is 5.95. The molecular weight excluding hydrogens is 424 g/mol. The number of allylic oxidation sites excluding steroid dienone is 1. The minimum absolute atomic E-state index is 0.0567. The number of aromatic nitrogens is 2. The third-order valence-corrected chi connectivity index (χ3v) is 6.74. The Morgan fingerprint density at radius 1 is 1.03 bits per heavy atom. The molecule has 2 N–H and O–H groups in total. The van der Waals surface area contributed by atoms with Crippen molar-refractivity contribution in [3.05, 3.63) is 54.1 Å². The van der Waals surface area contributed by atoms with E-state index in [-0.39, 0.29) is 16.8 Å². The van der Waals surface area contributed by atoms with Crippen LogP contribution in [0.5, 0.6) is 5.75 Å². The molecule has 3 heterocycles. The predicted molar refractivity (Wildman–Crippen MR) is 138 cm³/mol. The molecule has 1 aromatic carbocycles. The highest BCUT2D eigenvalue weighted by Gasteiger charge is 2.40. The van der Waals surface area contributed by atoms with E-state index in [0.29, 0.717) is 17.3 Å². The summed E-state index contributed by atoms with van der Waals surface area (Å²) in [6.07, 6.45) is 10.8. The zero-order valence-corrected chi connectivity index (χ0v) is 21.1. The first-order valence-corrected chi connectivity index (χ1v) is 12.0. The maximum absolute atomic E-state index is 10.8. The van der Waals surface area contributed by atoms with Gasteiger partial charge in [0.05, 0.1) is 5.71 Å². The van der Waals surface area contributed by atoms with E-state index >= 15 is 0 Å². The van der Waals surface area contributed by atoms with Crippen molar-refractivity contribution in [2.75, 3.05) is 7.05 Å². The Labute approximate surface area is 202 Å². The Morgan fingerprint density at radius 3 is 2.32 bits per heavy atom. The van der Waals surface area contributed by atoms with Gasteiger partial charge in [0.15, 0.2) is 0 Å². The van der Waals surface area contributed by atoms with Crippen LogP contribution in [0.2, 0.25) is 0 Å². The monoisotopic (exact) mass is 460 g/mol. The van der Waals surface area contributed by atoms with Crippen LogP contribution < -0.4 is 5.32 Å². The van der Waals surface area contributed by atoms with Gasteiger partial charge in [0.25, 0.3) is 0 Å². The van der Waals surface area contributed by atoms with Crippen LogP contribution in [-0.2, 0) is 0 Å². The van der Waals surface area contributed by atoms with Gasteiger partial charge in [-0.05, 0) is 70.7 Å². The van der Waals surface area contributed by atoms with E-state index in [1.165, 1.54) is 11.9 Å². The Balaban J connectivity index is 1.64. The molecule has 2 aliphatic rings. The summed E-state index contributed by atoms with van der Waals surface area (Å²) in [4.78, 5) is 10.4. The number of benzene rings is 1. The molecule has 34 heavy (non-hydrogen) atoms. The minimum Gasteiger partial charge on any atom is -0.507 e. The van der Waals surface area contributed by atoms with Crippen LogP contribution in [0.25, 0.3) is 11.1 Å². The number of amidine groups is 1. The highest BCUT2D eigenvalue weighted by Crippen LogP contribution is 2.33. The number of phenols is 1. The summed E-state index contributed by atoms with van der Waals surface area (Å²) in [6.45, 7) is 11.2. The van der Waals surface area contributed by atoms with Crippen LogP contribution in [0.1, 0.15) is 65.9 Å². The Kier molecular flexibility index (Phi) is 6.58. The lowest BCUT2D eigenvalue weighted by molar-refractivity contribution is 0.113. The Hall–Kier alpha value is -3.06. The van der Waals surface area contributed by atoms with Crippen molar-refractivity contribution < 1.29 is 5.11 Å². The molecule has 0 saturated carbocycles. The fourth-order valence-electron chi connectivity index (χ4n) is 5.31. The second-order valence-electron chi connectivity index (χ2n) is 10.8. The van der Waals surface area contributed by atoms with Gasteiger partial charge in [-0.3, -0.25) is 0 Å². The van der Waals surface area contributed by atoms with Crippen molar-refractivity contribution >= 4 is 11.5 Å². The smallest absolute Gasteiger partial charge is 0.131 e. The van der Waals surface area contributed by atoms with E-state index in [9.17, 15) is 5.11 Å². The molecule has 180 valence electrons. The molecular formula is C27H36N6O. The van der Waals surface area contributed by atoms with Crippen molar-refractivity contribution in [3.8, 4) is 16.9 Å². The number of aromatic hydroxyl groups is 1. The third kappa shape index (κ3) is 5.36. The van der Waals surface area contributed by atoms with Crippen molar-refractivity contribution in [2.45, 2.75) is 77.4 Å². The first-order chi connectivity index (χ1) is 16.1. The van der Waals surface area contributed by atoms with Gasteiger partial charge in [-0.25, -0.2) is 9.97 Å². The SMILES string of the molecule is CCC1=CC(c2ccc(-c3cncnc3)cc2O)=NN=C(N(C)C2CC(C)(C)NC(C)(C)C2)C1. The fraction of sp³-hybridized carbons (Fsp3) is 0.481. The van der Waals surface area contributed by atoms with Crippen LogP contribution in [0, 0.1) is 0 Å².